The first-order valence-corrected chi connectivity index (χ1v) is 9.16. The van der Waals surface area contributed by atoms with Crippen molar-refractivity contribution in [3.8, 4) is 5.75 Å². The third-order valence-electron chi connectivity index (χ3n) is 4.02. The van der Waals surface area contributed by atoms with Crippen molar-refractivity contribution in [3.63, 3.8) is 0 Å². The summed E-state index contributed by atoms with van der Waals surface area (Å²) in [6.45, 7) is 2.22. The van der Waals surface area contributed by atoms with Gasteiger partial charge in [0.25, 0.3) is 5.91 Å². The van der Waals surface area contributed by atoms with Gasteiger partial charge in [0.1, 0.15) is 17.9 Å². The number of ether oxygens (including phenoxy) is 2. The van der Waals surface area contributed by atoms with Gasteiger partial charge in [-0.25, -0.2) is 0 Å². The molecule has 1 aromatic heterocycles. The molecule has 0 unspecified atom stereocenters. The fourth-order valence-electron chi connectivity index (χ4n) is 2.62. The lowest BCUT2D eigenvalue weighted by atomic mass is 10.1. The maximum absolute atomic E-state index is 12.0. The summed E-state index contributed by atoms with van der Waals surface area (Å²) in [6.07, 6.45) is 1.59. The lowest BCUT2D eigenvalue weighted by Gasteiger charge is -2.08. The third kappa shape index (κ3) is 5.50. The summed E-state index contributed by atoms with van der Waals surface area (Å²) in [5.41, 5.74) is 2.53. The van der Waals surface area contributed by atoms with Gasteiger partial charge in [-0.05, 0) is 42.8 Å². The maximum Gasteiger partial charge on any atom is 0.310 e. The van der Waals surface area contributed by atoms with Gasteiger partial charge in [-0.15, -0.1) is 0 Å². The number of aryl methyl sites for hydroxylation is 1. The van der Waals surface area contributed by atoms with Crippen LogP contribution in [0, 0.1) is 6.92 Å². The van der Waals surface area contributed by atoms with E-state index in [4.69, 9.17) is 25.5 Å². The second-order valence-electron chi connectivity index (χ2n) is 6.25. The van der Waals surface area contributed by atoms with Crippen molar-refractivity contribution in [1.29, 1.82) is 0 Å². The zero-order valence-corrected chi connectivity index (χ0v) is 16.1. The van der Waals surface area contributed by atoms with E-state index in [1.54, 1.807) is 30.5 Å². The van der Waals surface area contributed by atoms with Gasteiger partial charge in [-0.3, -0.25) is 9.59 Å². The lowest BCUT2D eigenvalue weighted by Crippen LogP contribution is -2.32. The number of furan rings is 1. The molecule has 0 bridgehead atoms. The van der Waals surface area contributed by atoms with E-state index in [1.807, 2.05) is 25.1 Å². The molecule has 0 aliphatic rings. The highest BCUT2D eigenvalue weighted by molar-refractivity contribution is 6.30. The number of amides is 1. The quantitative estimate of drug-likeness (QED) is 0.460. The van der Waals surface area contributed by atoms with Crippen LogP contribution in [0.1, 0.15) is 11.1 Å². The first-order chi connectivity index (χ1) is 13.5. The van der Waals surface area contributed by atoms with Crippen molar-refractivity contribution in [1.82, 2.24) is 5.32 Å². The van der Waals surface area contributed by atoms with Gasteiger partial charge in [0.05, 0.1) is 19.2 Å². The number of halogens is 1. The molecule has 3 rings (SSSR count). The molecule has 0 aliphatic carbocycles. The van der Waals surface area contributed by atoms with Crippen LogP contribution in [0.5, 0.6) is 5.75 Å². The highest BCUT2D eigenvalue weighted by Gasteiger charge is 2.13. The number of hydrogen-bond acceptors (Lipinski definition) is 5. The number of hydrogen-bond donors (Lipinski definition) is 1. The molecule has 2 aromatic carbocycles. The number of nitrogens with one attached hydrogen (secondary N) is 1. The molecule has 146 valence electrons. The Kier molecular flexibility index (Phi) is 6.55. The van der Waals surface area contributed by atoms with E-state index in [1.165, 1.54) is 0 Å². The Hall–Kier alpha value is -2.99. The van der Waals surface area contributed by atoms with E-state index in [9.17, 15) is 9.59 Å². The topological polar surface area (TPSA) is 77.8 Å². The molecule has 0 spiro atoms. The summed E-state index contributed by atoms with van der Waals surface area (Å²) in [5, 5.41) is 4.12. The number of benzene rings is 2. The molecular formula is C21H20ClNO5. The van der Waals surface area contributed by atoms with Crippen LogP contribution in [-0.2, 0) is 20.7 Å². The van der Waals surface area contributed by atoms with Gasteiger partial charge >= 0.3 is 5.97 Å². The molecule has 0 saturated carbocycles. The van der Waals surface area contributed by atoms with E-state index in [-0.39, 0.29) is 18.9 Å². The molecule has 0 fully saturated rings. The first kappa shape index (κ1) is 19.8. The Morgan fingerprint density at radius 2 is 1.93 bits per heavy atom. The summed E-state index contributed by atoms with van der Waals surface area (Å²) in [6, 6.07) is 12.7. The van der Waals surface area contributed by atoms with Crippen molar-refractivity contribution in [2.45, 2.75) is 13.3 Å². The van der Waals surface area contributed by atoms with Crippen LogP contribution < -0.4 is 10.1 Å². The minimum Gasteiger partial charge on any atom is -0.492 e. The molecule has 0 radical (unpaired) electrons. The predicted octanol–water partition coefficient (Wildman–Crippen LogP) is 3.68. The highest BCUT2D eigenvalue weighted by atomic mass is 35.5. The molecule has 1 amide bonds. The normalized spacial score (nSPS) is 10.6. The van der Waals surface area contributed by atoms with Crippen molar-refractivity contribution >= 4 is 34.4 Å². The number of fused-ring (bicyclic) bond motifs is 1. The van der Waals surface area contributed by atoms with E-state index >= 15 is 0 Å². The number of esters is 1. The van der Waals surface area contributed by atoms with E-state index in [2.05, 4.69) is 5.32 Å². The summed E-state index contributed by atoms with van der Waals surface area (Å²) >= 11 is 5.80. The standard InChI is InChI=1S/C21H20ClNO5/c1-14-2-7-18-15(12-27-19(18)10-14)11-21(25)28-13-20(24)23-8-9-26-17-5-3-16(22)4-6-17/h2-7,10,12H,8-9,11,13H2,1H3,(H,23,24). The van der Waals surface area contributed by atoms with Gasteiger partial charge in [-0.1, -0.05) is 23.7 Å². The average molecular weight is 402 g/mol. The third-order valence-corrected chi connectivity index (χ3v) is 4.27. The molecule has 0 aliphatic heterocycles. The second kappa shape index (κ2) is 9.28. The summed E-state index contributed by atoms with van der Waals surface area (Å²) < 4.78 is 16.0. The Labute approximate surface area is 167 Å². The number of rotatable bonds is 8. The van der Waals surface area contributed by atoms with Crippen LogP contribution in [0.15, 0.2) is 53.1 Å². The summed E-state index contributed by atoms with van der Waals surface area (Å²) in [7, 11) is 0. The van der Waals surface area contributed by atoms with Gasteiger partial charge in [0, 0.05) is 16.0 Å². The van der Waals surface area contributed by atoms with Crippen molar-refractivity contribution in [2.75, 3.05) is 19.8 Å². The second-order valence-corrected chi connectivity index (χ2v) is 6.69. The fourth-order valence-corrected chi connectivity index (χ4v) is 2.75. The molecule has 7 heteroatoms. The SMILES string of the molecule is Cc1ccc2c(CC(=O)OCC(=O)NCCOc3ccc(Cl)cc3)coc2c1. The molecule has 6 nitrogen and oxygen atoms in total. The van der Waals surface area contributed by atoms with Crippen molar-refractivity contribution in [2.24, 2.45) is 0 Å². The van der Waals surface area contributed by atoms with Gasteiger partial charge in [-0.2, -0.15) is 0 Å². The van der Waals surface area contributed by atoms with Crippen LogP contribution in [0.4, 0.5) is 0 Å². The van der Waals surface area contributed by atoms with Crippen LogP contribution in [0.2, 0.25) is 5.02 Å². The molecule has 1 N–H and O–H groups in total. The summed E-state index contributed by atoms with van der Waals surface area (Å²) in [4.78, 5) is 23.8. The van der Waals surface area contributed by atoms with Gasteiger partial charge in [0.2, 0.25) is 0 Å². The highest BCUT2D eigenvalue weighted by Crippen LogP contribution is 2.22. The molecule has 1 heterocycles. The smallest absolute Gasteiger partial charge is 0.310 e. The van der Waals surface area contributed by atoms with Crippen LogP contribution in [0.3, 0.4) is 0 Å². The minimum absolute atomic E-state index is 0.0447. The molecule has 3 aromatic rings. The zero-order chi connectivity index (χ0) is 19.9. The Balaban J connectivity index is 1.36. The maximum atomic E-state index is 12.0. The van der Waals surface area contributed by atoms with Crippen molar-refractivity contribution < 1.29 is 23.5 Å². The molecule has 28 heavy (non-hydrogen) atoms. The van der Waals surface area contributed by atoms with Crippen molar-refractivity contribution in [3.05, 3.63) is 64.9 Å². The zero-order valence-electron chi connectivity index (χ0n) is 15.4. The average Bonchev–Trinajstić information content (AvgIpc) is 3.06. The molecular weight excluding hydrogens is 382 g/mol. The van der Waals surface area contributed by atoms with E-state index < -0.39 is 5.97 Å². The van der Waals surface area contributed by atoms with Crippen LogP contribution >= 0.6 is 11.6 Å². The van der Waals surface area contributed by atoms with Crippen LogP contribution in [0.25, 0.3) is 11.0 Å². The Morgan fingerprint density at radius 1 is 1.14 bits per heavy atom. The molecule has 0 saturated heterocycles. The lowest BCUT2D eigenvalue weighted by molar-refractivity contribution is -0.147. The Bertz CT molecular complexity index is 965. The number of carbonyl (C=O) groups is 2. The minimum atomic E-state index is -0.490. The first-order valence-electron chi connectivity index (χ1n) is 8.78. The van der Waals surface area contributed by atoms with E-state index in [0.717, 1.165) is 22.1 Å². The van der Waals surface area contributed by atoms with Crippen LogP contribution in [-0.4, -0.2) is 31.6 Å². The van der Waals surface area contributed by atoms with E-state index in [0.29, 0.717) is 23.9 Å². The van der Waals surface area contributed by atoms with Gasteiger partial charge in [0.15, 0.2) is 6.61 Å². The summed E-state index contributed by atoms with van der Waals surface area (Å²) in [5.74, 6) is -0.218. The largest absolute Gasteiger partial charge is 0.492 e. The van der Waals surface area contributed by atoms with Gasteiger partial charge < -0.3 is 19.2 Å². The fraction of sp³-hybridized carbons (Fsp3) is 0.238. The predicted molar refractivity (Wildman–Crippen MR) is 106 cm³/mol. The number of carbonyl (C=O) groups excluding carboxylic acids is 2. The Morgan fingerprint density at radius 3 is 2.71 bits per heavy atom. The monoisotopic (exact) mass is 401 g/mol. The molecule has 0 atom stereocenters.